The van der Waals surface area contributed by atoms with Crippen molar-refractivity contribution < 1.29 is 0 Å². The molecule has 61 heavy (non-hydrogen) atoms. The van der Waals surface area contributed by atoms with Crippen molar-refractivity contribution in [3.8, 4) is 11.4 Å². The van der Waals surface area contributed by atoms with Gasteiger partial charge in [-0.05, 0) is 75.2 Å². The monoisotopic (exact) mass is 803 g/mol. The molecule has 4 aromatic heterocycles. The Morgan fingerprint density at radius 1 is 0.377 bits per heavy atom. The molecular weight excluding hydrogens is 776 g/mol. The smallest absolute Gasteiger partial charge is 0.252 e. The highest BCUT2D eigenvalue weighted by Gasteiger charge is 2.50. The van der Waals surface area contributed by atoms with E-state index in [1.165, 1.54) is 145 Å². The van der Waals surface area contributed by atoms with Crippen LogP contribution in [0.25, 0.3) is 95.3 Å². The summed E-state index contributed by atoms with van der Waals surface area (Å²) in [6, 6.07) is 62.6. The van der Waals surface area contributed by atoms with Gasteiger partial charge < -0.3 is 14.0 Å². The van der Waals surface area contributed by atoms with Crippen LogP contribution in [0.1, 0.15) is 0 Å². The van der Waals surface area contributed by atoms with Crippen molar-refractivity contribution in [1.29, 1.82) is 0 Å². The zero-order valence-corrected chi connectivity index (χ0v) is 34.0. The first-order valence-electron chi connectivity index (χ1n) is 21.3. The van der Waals surface area contributed by atoms with E-state index in [0.717, 1.165) is 0 Å². The Hall–Kier alpha value is -7.05. The van der Waals surface area contributed by atoms with E-state index in [2.05, 4.69) is 178 Å². The number of rotatable bonds is 1. The van der Waals surface area contributed by atoms with Gasteiger partial charge in [0, 0.05) is 95.8 Å². The Kier molecular flexibility index (Phi) is 5.21. The van der Waals surface area contributed by atoms with Crippen LogP contribution in [0, 0.1) is 0 Å². The number of fused-ring (bicyclic) bond motifs is 18. The van der Waals surface area contributed by atoms with Crippen LogP contribution < -0.4 is 37.7 Å². The third kappa shape index (κ3) is 3.34. The van der Waals surface area contributed by atoms with Crippen LogP contribution in [-0.2, 0) is 0 Å². The summed E-state index contributed by atoms with van der Waals surface area (Å²) >= 11 is 3.92. The van der Waals surface area contributed by atoms with Gasteiger partial charge in [0.05, 0.1) is 16.6 Å². The first kappa shape index (κ1) is 30.9. The number of para-hydroxylation sites is 4. The van der Waals surface area contributed by atoms with E-state index >= 15 is 0 Å². The van der Waals surface area contributed by atoms with Gasteiger partial charge in [-0.3, -0.25) is 0 Å². The van der Waals surface area contributed by atoms with Crippen LogP contribution in [0.3, 0.4) is 0 Å². The summed E-state index contributed by atoms with van der Waals surface area (Å²) in [5.41, 5.74) is 20.2. The molecule has 0 spiro atoms. The minimum absolute atomic E-state index is 0.0320. The normalized spacial score (nSPS) is 14.1. The molecule has 276 valence electrons. The summed E-state index contributed by atoms with van der Waals surface area (Å²) in [5, 5.41) is 10.9. The molecule has 3 nitrogen and oxygen atoms in total. The second-order valence-electron chi connectivity index (χ2n) is 17.4. The van der Waals surface area contributed by atoms with Gasteiger partial charge in [-0.25, -0.2) is 0 Å². The number of aromatic nitrogens is 2. The zero-order valence-electron chi connectivity index (χ0n) is 32.4. The number of benzene rings is 9. The lowest BCUT2D eigenvalue weighted by Crippen LogP contribution is -2.67. The van der Waals surface area contributed by atoms with Crippen molar-refractivity contribution in [2.24, 2.45) is 0 Å². The van der Waals surface area contributed by atoms with E-state index in [0.29, 0.717) is 0 Å². The fourth-order valence-corrected chi connectivity index (χ4v) is 15.2. The lowest BCUT2D eigenvalue weighted by atomic mass is 9.29. The summed E-state index contributed by atoms with van der Waals surface area (Å²) in [6.45, 7) is 0.114. The fraction of sp³-hybridized carbons (Fsp3) is 0. The average Bonchev–Trinajstić information content (AvgIpc) is 4.07. The predicted molar refractivity (Wildman–Crippen MR) is 265 cm³/mol. The average molecular weight is 804 g/mol. The highest BCUT2D eigenvalue weighted by atomic mass is 32.1. The Morgan fingerprint density at radius 2 is 0.951 bits per heavy atom. The van der Waals surface area contributed by atoms with Crippen molar-refractivity contribution >= 4 is 170 Å². The standard InChI is InChI=1S/C54H27B2N3S2/c1-2-13-28(14-3-1)57-40-22-9-7-19-35(40)55-36-20-12-18-32-46-51-38(26-34-30-16-6-11-24-44(30)61-54(34)46)56-37-25-33-29-15-5-10-23-43(29)60-53(33)45-31-17-4-8-21-39(31)58(50(37)45)42-27-41(57)47(55)52(48(42)56)59(51)49(32)36/h1-27H. The van der Waals surface area contributed by atoms with Crippen molar-refractivity contribution in [3.63, 3.8) is 0 Å². The number of hydrogen-bond donors (Lipinski definition) is 0. The largest absolute Gasteiger partial charge is 0.311 e. The van der Waals surface area contributed by atoms with Crippen molar-refractivity contribution in [1.82, 2.24) is 9.13 Å². The second kappa shape index (κ2) is 10.3. The van der Waals surface area contributed by atoms with Gasteiger partial charge in [-0.1, -0.05) is 121 Å². The van der Waals surface area contributed by atoms with Crippen molar-refractivity contribution in [3.05, 3.63) is 164 Å². The maximum absolute atomic E-state index is 2.76. The van der Waals surface area contributed by atoms with Crippen molar-refractivity contribution in [2.75, 3.05) is 4.90 Å². The molecule has 7 heteroatoms. The summed E-state index contributed by atoms with van der Waals surface area (Å²) in [4.78, 5) is 2.57. The molecule has 4 aliphatic rings. The molecule has 0 saturated heterocycles. The molecule has 0 radical (unpaired) electrons. The minimum atomic E-state index is 0.0320. The van der Waals surface area contributed by atoms with Gasteiger partial charge >= 0.3 is 0 Å². The summed E-state index contributed by atoms with van der Waals surface area (Å²) in [5.74, 6) is 0. The van der Waals surface area contributed by atoms with Crippen molar-refractivity contribution in [2.45, 2.75) is 0 Å². The maximum Gasteiger partial charge on any atom is 0.252 e. The topological polar surface area (TPSA) is 13.1 Å². The molecule has 0 atom stereocenters. The molecule has 8 heterocycles. The molecule has 9 aromatic carbocycles. The lowest BCUT2D eigenvalue weighted by molar-refractivity contribution is 1.14. The number of thiophene rings is 2. The molecule has 0 N–H and O–H groups in total. The number of hydrogen-bond acceptors (Lipinski definition) is 3. The second-order valence-corrected chi connectivity index (χ2v) is 19.6. The molecule has 17 rings (SSSR count). The van der Waals surface area contributed by atoms with Gasteiger partial charge in [-0.2, -0.15) is 0 Å². The molecule has 0 aliphatic carbocycles. The van der Waals surface area contributed by atoms with Gasteiger partial charge in [0.1, 0.15) is 0 Å². The highest BCUT2D eigenvalue weighted by molar-refractivity contribution is 7.27. The Bertz CT molecular complexity index is 4260. The summed E-state index contributed by atoms with van der Waals surface area (Å²) in [7, 11) is 0. The first-order chi connectivity index (χ1) is 30.3. The highest BCUT2D eigenvalue weighted by Crippen LogP contribution is 2.50. The SMILES string of the molecule is c1ccc(N2c3ccccc3B3c4c2cc2c5c4-n4c6c3cccc6c3c6sc7ccccc7c6cc(c34)B5c3cc4c5ccccc5sc4c4c5ccccc5n-2c34)cc1. The Morgan fingerprint density at radius 3 is 1.72 bits per heavy atom. The van der Waals surface area contributed by atoms with Crippen LogP contribution >= 0.6 is 22.7 Å². The van der Waals surface area contributed by atoms with Crippen LogP contribution in [0.5, 0.6) is 0 Å². The molecule has 4 aliphatic heterocycles. The fourth-order valence-electron chi connectivity index (χ4n) is 12.7. The molecule has 0 saturated carbocycles. The third-order valence-electron chi connectivity index (χ3n) is 14.8. The quantitative estimate of drug-likeness (QED) is 0.151. The number of nitrogens with zero attached hydrogens (tertiary/aromatic N) is 3. The summed E-state index contributed by atoms with van der Waals surface area (Å²) in [6.07, 6.45) is 0. The Balaban J connectivity index is 1.18. The van der Waals surface area contributed by atoms with Crippen LogP contribution in [0.4, 0.5) is 17.1 Å². The predicted octanol–water partition coefficient (Wildman–Crippen LogP) is 10.4. The Labute approximate surface area is 357 Å². The first-order valence-corrected chi connectivity index (χ1v) is 22.9. The summed E-state index contributed by atoms with van der Waals surface area (Å²) < 4.78 is 10.9. The molecule has 0 fully saturated rings. The molecule has 0 bridgehead atoms. The van der Waals surface area contributed by atoms with E-state index in [1.54, 1.807) is 0 Å². The van der Waals surface area contributed by atoms with E-state index in [9.17, 15) is 0 Å². The molecule has 0 unspecified atom stereocenters. The molecule has 13 aromatic rings. The number of anilines is 3. The van der Waals surface area contributed by atoms with Crippen LogP contribution in [0.15, 0.2) is 164 Å². The van der Waals surface area contributed by atoms with Gasteiger partial charge in [0.2, 0.25) is 0 Å². The van der Waals surface area contributed by atoms with E-state index in [1.807, 2.05) is 22.7 Å². The third-order valence-corrected chi connectivity index (χ3v) is 17.2. The van der Waals surface area contributed by atoms with Crippen LogP contribution in [-0.4, -0.2) is 22.6 Å². The molecular formula is C54H27B2N3S2. The van der Waals surface area contributed by atoms with Gasteiger partial charge in [0.25, 0.3) is 13.4 Å². The maximum atomic E-state index is 2.76. The van der Waals surface area contributed by atoms with Gasteiger partial charge in [0.15, 0.2) is 0 Å². The van der Waals surface area contributed by atoms with E-state index in [4.69, 9.17) is 0 Å². The van der Waals surface area contributed by atoms with E-state index < -0.39 is 0 Å². The molecule has 0 amide bonds. The zero-order chi connectivity index (χ0) is 39.0. The van der Waals surface area contributed by atoms with Gasteiger partial charge in [-0.15, -0.1) is 22.7 Å². The lowest BCUT2D eigenvalue weighted by Gasteiger charge is -2.44. The van der Waals surface area contributed by atoms with Crippen LogP contribution in [0.2, 0.25) is 0 Å². The minimum Gasteiger partial charge on any atom is -0.311 e. The van der Waals surface area contributed by atoms with E-state index in [-0.39, 0.29) is 13.4 Å².